The Balaban J connectivity index is 2.97. The third-order valence-corrected chi connectivity index (χ3v) is 2.24. The lowest BCUT2D eigenvalue weighted by Gasteiger charge is -2.23. The molecule has 0 heterocycles. The number of benzene rings is 1. The molecule has 0 aliphatic rings. The number of carboxylic acids is 1. The summed E-state index contributed by atoms with van der Waals surface area (Å²) in [6, 6.07) is 6.94. The van der Waals surface area contributed by atoms with Gasteiger partial charge in [0.15, 0.2) is 0 Å². The van der Waals surface area contributed by atoms with Gasteiger partial charge in [-0.05, 0) is 24.6 Å². The summed E-state index contributed by atoms with van der Waals surface area (Å²) < 4.78 is 0. The van der Waals surface area contributed by atoms with Crippen molar-refractivity contribution in [1.82, 2.24) is 0 Å². The highest BCUT2D eigenvalue weighted by Gasteiger charge is 2.24. The molecule has 3 nitrogen and oxygen atoms in total. The predicted octanol–water partition coefficient (Wildman–Crippen LogP) is 1.99. The lowest BCUT2D eigenvalue weighted by Crippen LogP contribution is -2.35. The number of carbonyl (C=O) groups is 1. The standard InChI is InChI=1S/C10H12ClNO2/c1-10(12,6-9(13)14)7-3-2-4-8(11)5-7/h2-5H,6,12H2,1H3,(H,13,14)/t10-/m0/s1. The lowest BCUT2D eigenvalue weighted by atomic mass is 9.90. The number of aliphatic carboxylic acids is 1. The largest absolute Gasteiger partial charge is 0.481 e. The molecule has 4 heteroatoms. The Kier molecular flexibility index (Phi) is 3.13. The van der Waals surface area contributed by atoms with Crippen molar-refractivity contribution in [3.05, 3.63) is 34.9 Å². The van der Waals surface area contributed by atoms with E-state index in [1.54, 1.807) is 31.2 Å². The number of hydrogen-bond acceptors (Lipinski definition) is 2. The zero-order valence-corrected chi connectivity index (χ0v) is 8.58. The van der Waals surface area contributed by atoms with Crippen LogP contribution in [0.3, 0.4) is 0 Å². The predicted molar refractivity (Wildman–Crippen MR) is 55.2 cm³/mol. The Bertz CT molecular complexity index is 350. The molecule has 0 fully saturated rings. The summed E-state index contributed by atoms with van der Waals surface area (Å²) in [5.41, 5.74) is 5.72. The minimum Gasteiger partial charge on any atom is -0.481 e. The van der Waals surface area contributed by atoms with Gasteiger partial charge in [0.05, 0.1) is 6.42 Å². The average Bonchev–Trinajstić information content (AvgIpc) is 2.01. The molecular formula is C10H12ClNO2. The van der Waals surface area contributed by atoms with E-state index in [9.17, 15) is 4.79 Å². The van der Waals surface area contributed by atoms with Crippen LogP contribution in [0.5, 0.6) is 0 Å². The van der Waals surface area contributed by atoms with Crippen molar-refractivity contribution < 1.29 is 9.90 Å². The van der Waals surface area contributed by atoms with Gasteiger partial charge in [0.25, 0.3) is 0 Å². The second kappa shape index (κ2) is 3.98. The molecule has 0 radical (unpaired) electrons. The van der Waals surface area contributed by atoms with Crippen LogP contribution in [0, 0.1) is 0 Å². The summed E-state index contributed by atoms with van der Waals surface area (Å²) in [7, 11) is 0. The normalized spacial score (nSPS) is 14.8. The van der Waals surface area contributed by atoms with Crippen molar-refractivity contribution in [2.75, 3.05) is 0 Å². The molecule has 3 N–H and O–H groups in total. The van der Waals surface area contributed by atoms with Gasteiger partial charge in [-0.3, -0.25) is 4.79 Å². The van der Waals surface area contributed by atoms with Crippen LogP contribution < -0.4 is 5.73 Å². The van der Waals surface area contributed by atoms with Crippen LogP contribution in [-0.2, 0) is 10.3 Å². The molecule has 0 saturated carbocycles. The fourth-order valence-corrected chi connectivity index (χ4v) is 1.45. The molecule has 0 aliphatic heterocycles. The molecule has 0 unspecified atom stereocenters. The van der Waals surface area contributed by atoms with Crippen LogP contribution in [0.1, 0.15) is 18.9 Å². The Morgan fingerprint density at radius 2 is 2.29 bits per heavy atom. The minimum absolute atomic E-state index is 0.118. The molecule has 1 aromatic carbocycles. The van der Waals surface area contributed by atoms with E-state index >= 15 is 0 Å². The van der Waals surface area contributed by atoms with Gasteiger partial charge in [-0.1, -0.05) is 23.7 Å². The van der Waals surface area contributed by atoms with Crippen molar-refractivity contribution in [2.24, 2.45) is 5.73 Å². The van der Waals surface area contributed by atoms with Crippen molar-refractivity contribution in [2.45, 2.75) is 18.9 Å². The first kappa shape index (κ1) is 11.0. The van der Waals surface area contributed by atoms with Crippen molar-refractivity contribution in [3.63, 3.8) is 0 Å². The first-order valence-electron chi connectivity index (χ1n) is 4.18. The minimum atomic E-state index is -0.921. The van der Waals surface area contributed by atoms with E-state index in [-0.39, 0.29) is 6.42 Å². The Morgan fingerprint density at radius 1 is 1.64 bits per heavy atom. The maximum absolute atomic E-state index is 10.6. The van der Waals surface area contributed by atoms with Crippen LogP contribution in [-0.4, -0.2) is 11.1 Å². The van der Waals surface area contributed by atoms with E-state index in [0.717, 1.165) is 5.56 Å². The molecule has 1 atom stereocenters. The number of hydrogen-bond donors (Lipinski definition) is 2. The first-order chi connectivity index (χ1) is 6.42. The van der Waals surface area contributed by atoms with Crippen LogP contribution >= 0.6 is 11.6 Å². The highest BCUT2D eigenvalue weighted by Crippen LogP contribution is 2.23. The maximum atomic E-state index is 10.6. The monoisotopic (exact) mass is 213 g/mol. The molecule has 76 valence electrons. The van der Waals surface area contributed by atoms with Gasteiger partial charge in [0, 0.05) is 10.6 Å². The summed E-state index contributed by atoms with van der Waals surface area (Å²) >= 11 is 5.78. The molecule has 14 heavy (non-hydrogen) atoms. The zero-order valence-electron chi connectivity index (χ0n) is 7.83. The number of rotatable bonds is 3. The molecule has 0 spiro atoms. The van der Waals surface area contributed by atoms with E-state index in [0.29, 0.717) is 5.02 Å². The average molecular weight is 214 g/mol. The summed E-state index contributed by atoms with van der Waals surface area (Å²) in [5.74, 6) is -0.921. The van der Waals surface area contributed by atoms with Crippen molar-refractivity contribution in [3.8, 4) is 0 Å². The van der Waals surface area contributed by atoms with E-state index < -0.39 is 11.5 Å². The SMILES string of the molecule is C[C@](N)(CC(=O)O)c1cccc(Cl)c1. The molecule has 0 saturated heterocycles. The van der Waals surface area contributed by atoms with Gasteiger partial charge in [-0.25, -0.2) is 0 Å². The Labute approximate surface area is 87.5 Å². The van der Waals surface area contributed by atoms with Gasteiger partial charge >= 0.3 is 5.97 Å². The van der Waals surface area contributed by atoms with Crippen LogP contribution in [0.2, 0.25) is 5.02 Å². The van der Waals surface area contributed by atoms with Crippen LogP contribution in [0.15, 0.2) is 24.3 Å². The Morgan fingerprint density at radius 3 is 2.79 bits per heavy atom. The molecular weight excluding hydrogens is 202 g/mol. The summed E-state index contributed by atoms with van der Waals surface area (Å²) in [6.45, 7) is 1.67. The number of carboxylic acid groups (broad SMARTS) is 1. The smallest absolute Gasteiger partial charge is 0.305 e. The summed E-state index contributed by atoms with van der Waals surface area (Å²) in [5, 5.41) is 9.23. The van der Waals surface area contributed by atoms with Gasteiger partial charge in [0.1, 0.15) is 0 Å². The molecule has 1 rings (SSSR count). The lowest BCUT2D eigenvalue weighted by molar-refractivity contribution is -0.138. The molecule has 0 aliphatic carbocycles. The van der Waals surface area contributed by atoms with E-state index in [4.69, 9.17) is 22.4 Å². The Hall–Kier alpha value is -1.06. The van der Waals surface area contributed by atoms with Crippen molar-refractivity contribution in [1.29, 1.82) is 0 Å². The van der Waals surface area contributed by atoms with Crippen LogP contribution in [0.25, 0.3) is 0 Å². The third kappa shape index (κ3) is 2.72. The first-order valence-corrected chi connectivity index (χ1v) is 4.56. The third-order valence-electron chi connectivity index (χ3n) is 2.00. The fraction of sp³-hybridized carbons (Fsp3) is 0.300. The quantitative estimate of drug-likeness (QED) is 0.807. The summed E-state index contributed by atoms with van der Waals surface area (Å²) in [4.78, 5) is 10.6. The van der Waals surface area contributed by atoms with E-state index in [1.165, 1.54) is 0 Å². The molecule has 0 aromatic heterocycles. The summed E-state index contributed by atoms with van der Waals surface area (Å²) in [6.07, 6.45) is -0.118. The molecule has 0 bridgehead atoms. The zero-order chi connectivity index (χ0) is 10.8. The van der Waals surface area contributed by atoms with E-state index in [1.807, 2.05) is 0 Å². The molecule has 1 aromatic rings. The topological polar surface area (TPSA) is 63.3 Å². The van der Waals surface area contributed by atoms with Gasteiger partial charge in [0.2, 0.25) is 0 Å². The second-order valence-corrected chi connectivity index (χ2v) is 3.93. The highest BCUT2D eigenvalue weighted by atomic mass is 35.5. The van der Waals surface area contributed by atoms with Gasteiger partial charge in [-0.15, -0.1) is 0 Å². The van der Waals surface area contributed by atoms with Crippen LogP contribution in [0.4, 0.5) is 0 Å². The van der Waals surface area contributed by atoms with Gasteiger partial charge in [-0.2, -0.15) is 0 Å². The van der Waals surface area contributed by atoms with Crippen molar-refractivity contribution >= 4 is 17.6 Å². The van der Waals surface area contributed by atoms with E-state index in [2.05, 4.69) is 0 Å². The fourth-order valence-electron chi connectivity index (χ4n) is 1.26. The number of halogens is 1. The maximum Gasteiger partial charge on any atom is 0.305 e. The second-order valence-electron chi connectivity index (χ2n) is 3.50. The van der Waals surface area contributed by atoms with Gasteiger partial charge < -0.3 is 10.8 Å². The highest BCUT2D eigenvalue weighted by molar-refractivity contribution is 6.30. The molecule has 0 amide bonds. The number of nitrogens with two attached hydrogens (primary N) is 1.